The van der Waals surface area contributed by atoms with Gasteiger partial charge in [-0.2, -0.15) is 0 Å². The molecule has 0 radical (unpaired) electrons. The predicted octanol–water partition coefficient (Wildman–Crippen LogP) is 2.46. The van der Waals surface area contributed by atoms with E-state index >= 15 is 0 Å². The van der Waals surface area contributed by atoms with Gasteiger partial charge < -0.3 is 9.67 Å². The highest BCUT2D eigenvalue weighted by molar-refractivity contribution is 5.14. The molecule has 1 N–H and O–H groups in total. The Bertz CT molecular complexity index is 507. The Morgan fingerprint density at radius 3 is 2.60 bits per heavy atom. The third-order valence-electron chi connectivity index (χ3n) is 3.34. The average molecular weight is 273 g/mol. The number of aromatic nitrogens is 2. The molecule has 0 saturated heterocycles. The second kappa shape index (κ2) is 7.22. The van der Waals surface area contributed by atoms with Crippen LogP contribution in [-0.4, -0.2) is 32.7 Å². The Morgan fingerprint density at radius 1 is 1.20 bits per heavy atom. The molecule has 0 bridgehead atoms. The summed E-state index contributed by atoms with van der Waals surface area (Å²) in [6.07, 6.45) is 3.86. The quantitative estimate of drug-likeness (QED) is 0.842. The van der Waals surface area contributed by atoms with Crippen LogP contribution < -0.4 is 0 Å². The molecular formula is C16H23N3O. The molecule has 0 atom stereocenters. The zero-order valence-corrected chi connectivity index (χ0v) is 12.2. The Kier molecular flexibility index (Phi) is 5.32. The van der Waals surface area contributed by atoms with E-state index in [1.54, 1.807) is 0 Å². The lowest BCUT2D eigenvalue weighted by molar-refractivity contribution is 0.179. The van der Waals surface area contributed by atoms with E-state index in [4.69, 9.17) is 0 Å². The van der Waals surface area contributed by atoms with Crippen molar-refractivity contribution in [2.24, 2.45) is 0 Å². The van der Waals surface area contributed by atoms with Crippen molar-refractivity contribution >= 4 is 0 Å². The van der Waals surface area contributed by atoms with Crippen LogP contribution in [0.5, 0.6) is 0 Å². The largest absolute Gasteiger partial charge is 0.395 e. The van der Waals surface area contributed by atoms with Crippen molar-refractivity contribution in [1.82, 2.24) is 14.5 Å². The molecule has 0 unspecified atom stereocenters. The third-order valence-corrected chi connectivity index (χ3v) is 3.34. The SMILES string of the molecule is CC(C)n1ccnc1CN(CCO)Cc1ccccc1. The monoisotopic (exact) mass is 273 g/mol. The van der Waals surface area contributed by atoms with Crippen LogP contribution in [0, 0.1) is 0 Å². The summed E-state index contributed by atoms with van der Waals surface area (Å²) in [6.45, 7) is 6.69. The van der Waals surface area contributed by atoms with Crippen molar-refractivity contribution < 1.29 is 5.11 Å². The maximum Gasteiger partial charge on any atom is 0.123 e. The molecule has 0 saturated carbocycles. The van der Waals surface area contributed by atoms with Gasteiger partial charge in [-0.15, -0.1) is 0 Å². The second-order valence-electron chi connectivity index (χ2n) is 5.26. The third kappa shape index (κ3) is 3.92. The van der Waals surface area contributed by atoms with Crippen LogP contribution >= 0.6 is 0 Å². The second-order valence-corrected chi connectivity index (χ2v) is 5.26. The summed E-state index contributed by atoms with van der Waals surface area (Å²) < 4.78 is 2.18. The summed E-state index contributed by atoms with van der Waals surface area (Å²) >= 11 is 0. The average Bonchev–Trinajstić information content (AvgIpc) is 2.88. The molecule has 20 heavy (non-hydrogen) atoms. The van der Waals surface area contributed by atoms with Crippen molar-refractivity contribution in [2.45, 2.75) is 33.0 Å². The number of nitrogens with zero attached hydrogens (tertiary/aromatic N) is 3. The Labute approximate surface area is 120 Å². The summed E-state index contributed by atoms with van der Waals surface area (Å²) in [4.78, 5) is 6.66. The van der Waals surface area contributed by atoms with Crippen molar-refractivity contribution in [3.05, 3.63) is 54.1 Å². The van der Waals surface area contributed by atoms with E-state index < -0.39 is 0 Å². The van der Waals surface area contributed by atoms with E-state index in [-0.39, 0.29) is 6.61 Å². The van der Waals surface area contributed by atoms with Gasteiger partial charge in [0.2, 0.25) is 0 Å². The van der Waals surface area contributed by atoms with Crippen LogP contribution in [0.2, 0.25) is 0 Å². The Hall–Kier alpha value is -1.65. The highest BCUT2D eigenvalue weighted by Gasteiger charge is 2.12. The summed E-state index contributed by atoms with van der Waals surface area (Å²) in [5.74, 6) is 1.05. The Balaban J connectivity index is 2.07. The van der Waals surface area contributed by atoms with Crippen LogP contribution in [0.4, 0.5) is 0 Å². The molecule has 108 valence electrons. The van der Waals surface area contributed by atoms with Crippen LogP contribution in [0.15, 0.2) is 42.7 Å². The van der Waals surface area contributed by atoms with E-state index in [9.17, 15) is 5.11 Å². The van der Waals surface area contributed by atoms with E-state index in [0.29, 0.717) is 12.6 Å². The molecule has 0 amide bonds. The minimum atomic E-state index is 0.162. The number of aliphatic hydroxyl groups is 1. The summed E-state index contributed by atoms with van der Waals surface area (Å²) in [5, 5.41) is 9.25. The maximum absolute atomic E-state index is 9.25. The van der Waals surface area contributed by atoms with Gasteiger partial charge in [0.15, 0.2) is 0 Å². The number of hydrogen-bond donors (Lipinski definition) is 1. The molecule has 0 aliphatic heterocycles. The van der Waals surface area contributed by atoms with Gasteiger partial charge in [-0.05, 0) is 19.4 Å². The molecule has 2 rings (SSSR count). The molecule has 4 nitrogen and oxygen atoms in total. The normalized spacial score (nSPS) is 11.4. The first-order valence-electron chi connectivity index (χ1n) is 7.09. The van der Waals surface area contributed by atoms with E-state index in [1.165, 1.54) is 5.56 Å². The fraction of sp³-hybridized carbons (Fsp3) is 0.438. The highest BCUT2D eigenvalue weighted by Crippen LogP contribution is 2.12. The molecular weight excluding hydrogens is 250 g/mol. The molecule has 0 aliphatic rings. The Morgan fingerprint density at radius 2 is 1.95 bits per heavy atom. The van der Waals surface area contributed by atoms with Gasteiger partial charge in [0.1, 0.15) is 5.82 Å². The van der Waals surface area contributed by atoms with E-state index in [1.807, 2.05) is 30.6 Å². The fourth-order valence-electron chi connectivity index (χ4n) is 2.33. The van der Waals surface area contributed by atoms with E-state index in [0.717, 1.165) is 18.9 Å². The topological polar surface area (TPSA) is 41.3 Å². The minimum Gasteiger partial charge on any atom is -0.395 e. The van der Waals surface area contributed by atoms with Crippen molar-refractivity contribution in [3.8, 4) is 0 Å². The van der Waals surface area contributed by atoms with Crippen LogP contribution in [0.25, 0.3) is 0 Å². The first kappa shape index (κ1) is 14.8. The lowest BCUT2D eigenvalue weighted by atomic mass is 10.2. The molecule has 4 heteroatoms. The van der Waals surface area contributed by atoms with Gasteiger partial charge in [0.05, 0.1) is 13.2 Å². The number of rotatable bonds is 7. The zero-order chi connectivity index (χ0) is 14.4. The van der Waals surface area contributed by atoms with Gasteiger partial charge in [0.25, 0.3) is 0 Å². The van der Waals surface area contributed by atoms with Crippen molar-refractivity contribution in [1.29, 1.82) is 0 Å². The summed E-state index contributed by atoms with van der Waals surface area (Å²) in [7, 11) is 0. The van der Waals surface area contributed by atoms with E-state index in [2.05, 4.69) is 40.4 Å². The molecule has 1 aromatic heterocycles. The van der Waals surface area contributed by atoms with Gasteiger partial charge in [0, 0.05) is 31.5 Å². The van der Waals surface area contributed by atoms with Crippen molar-refractivity contribution in [2.75, 3.05) is 13.2 Å². The molecule has 1 heterocycles. The van der Waals surface area contributed by atoms with Crippen molar-refractivity contribution in [3.63, 3.8) is 0 Å². The molecule has 2 aromatic rings. The highest BCUT2D eigenvalue weighted by atomic mass is 16.3. The number of aliphatic hydroxyl groups excluding tert-OH is 1. The smallest absolute Gasteiger partial charge is 0.123 e. The predicted molar refractivity (Wildman–Crippen MR) is 80.3 cm³/mol. The van der Waals surface area contributed by atoms with Gasteiger partial charge in [-0.1, -0.05) is 30.3 Å². The number of imidazole rings is 1. The molecule has 0 aliphatic carbocycles. The standard InChI is InChI=1S/C16H23N3O/c1-14(2)19-9-8-17-16(19)13-18(10-11-20)12-15-6-4-3-5-7-15/h3-9,14,20H,10-13H2,1-2H3. The molecule has 0 fully saturated rings. The lowest BCUT2D eigenvalue weighted by Gasteiger charge is -2.22. The first-order valence-corrected chi connectivity index (χ1v) is 7.09. The number of benzene rings is 1. The van der Waals surface area contributed by atoms with Gasteiger partial charge in [-0.3, -0.25) is 4.90 Å². The molecule has 0 spiro atoms. The van der Waals surface area contributed by atoms with Gasteiger partial charge in [-0.25, -0.2) is 4.98 Å². The van der Waals surface area contributed by atoms with Crippen LogP contribution in [0.1, 0.15) is 31.3 Å². The summed E-state index contributed by atoms with van der Waals surface area (Å²) in [5.41, 5.74) is 1.25. The number of hydrogen-bond acceptors (Lipinski definition) is 3. The molecule has 1 aromatic carbocycles. The van der Waals surface area contributed by atoms with Crippen LogP contribution in [-0.2, 0) is 13.1 Å². The van der Waals surface area contributed by atoms with Gasteiger partial charge >= 0.3 is 0 Å². The lowest BCUT2D eigenvalue weighted by Crippen LogP contribution is -2.27. The summed E-state index contributed by atoms with van der Waals surface area (Å²) in [6, 6.07) is 10.7. The minimum absolute atomic E-state index is 0.162. The maximum atomic E-state index is 9.25. The first-order chi connectivity index (χ1) is 9.70. The van der Waals surface area contributed by atoms with Crippen LogP contribution in [0.3, 0.4) is 0 Å². The zero-order valence-electron chi connectivity index (χ0n) is 12.2. The fourth-order valence-corrected chi connectivity index (χ4v) is 2.33.